The lowest BCUT2D eigenvalue weighted by atomic mass is 9.82. The molecule has 5 heteroatoms. The van der Waals surface area contributed by atoms with Crippen molar-refractivity contribution in [1.29, 1.82) is 0 Å². The smallest absolute Gasteiger partial charge is 0.249 e. The van der Waals surface area contributed by atoms with Crippen LogP contribution in [0.3, 0.4) is 0 Å². The van der Waals surface area contributed by atoms with Gasteiger partial charge >= 0.3 is 0 Å². The summed E-state index contributed by atoms with van der Waals surface area (Å²) in [5.74, 6) is -0.978. The zero-order valence-electron chi connectivity index (χ0n) is 11.7. The minimum atomic E-state index is -0.593. The maximum atomic E-state index is 12.5. The van der Waals surface area contributed by atoms with Gasteiger partial charge in [-0.2, -0.15) is 0 Å². The van der Waals surface area contributed by atoms with Gasteiger partial charge in [0.15, 0.2) is 0 Å². The highest BCUT2D eigenvalue weighted by Gasteiger charge is 2.32. The fraction of sp³-hybridized carbons (Fsp3) is 0.438. The molecule has 1 aliphatic heterocycles. The second-order valence-electron chi connectivity index (χ2n) is 5.66. The summed E-state index contributed by atoms with van der Waals surface area (Å²) in [7, 11) is 0. The number of amides is 3. The molecule has 0 radical (unpaired) electrons. The van der Waals surface area contributed by atoms with E-state index in [1.807, 2.05) is 18.2 Å². The zero-order valence-corrected chi connectivity index (χ0v) is 11.7. The molecular formula is C16H18N2O3. The van der Waals surface area contributed by atoms with Gasteiger partial charge in [-0.25, -0.2) is 0 Å². The number of imide groups is 1. The van der Waals surface area contributed by atoms with Crippen molar-refractivity contribution in [2.45, 2.75) is 44.1 Å². The van der Waals surface area contributed by atoms with Gasteiger partial charge in [-0.15, -0.1) is 0 Å². The third-order valence-corrected chi connectivity index (χ3v) is 4.24. The first-order valence-corrected chi connectivity index (χ1v) is 7.37. The van der Waals surface area contributed by atoms with Crippen LogP contribution in [0.1, 0.15) is 42.7 Å². The summed E-state index contributed by atoms with van der Waals surface area (Å²) in [6.07, 6.45) is 3.43. The first-order chi connectivity index (χ1) is 10.1. The Bertz CT molecular complexity index is 597. The van der Waals surface area contributed by atoms with Crippen LogP contribution in [0.5, 0.6) is 0 Å². The van der Waals surface area contributed by atoms with E-state index in [9.17, 15) is 14.4 Å². The number of hydrogen-bond donors (Lipinski definition) is 2. The molecule has 3 amide bonds. The number of piperidine rings is 1. The van der Waals surface area contributed by atoms with Crippen LogP contribution in [-0.4, -0.2) is 23.8 Å². The molecule has 5 nitrogen and oxygen atoms in total. The Morgan fingerprint density at radius 1 is 1.14 bits per heavy atom. The molecule has 0 aromatic heterocycles. The molecule has 2 aliphatic rings. The predicted molar refractivity (Wildman–Crippen MR) is 76.4 cm³/mol. The van der Waals surface area contributed by atoms with Gasteiger partial charge < -0.3 is 5.32 Å². The van der Waals surface area contributed by atoms with Gasteiger partial charge in [0.1, 0.15) is 6.04 Å². The quantitative estimate of drug-likeness (QED) is 0.797. The molecule has 3 rings (SSSR count). The number of hydrogen-bond acceptors (Lipinski definition) is 3. The number of benzene rings is 1. The molecule has 2 N–H and O–H groups in total. The summed E-state index contributed by atoms with van der Waals surface area (Å²) in [6, 6.07) is 7.38. The van der Waals surface area contributed by atoms with Crippen LogP contribution in [0.4, 0.5) is 0 Å². The fourth-order valence-corrected chi connectivity index (χ4v) is 3.13. The van der Waals surface area contributed by atoms with Crippen LogP contribution in [0.15, 0.2) is 24.3 Å². The molecule has 0 bridgehead atoms. The SMILES string of the molecule is O=C1CCC(NC(=O)C2CCCc3ccccc32)C(=O)N1. The molecule has 1 saturated heterocycles. The molecule has 1 heterocycles. The summed E-state index contributed by atoms with van der Waals surface area (Å²) < 4.78 is 0. The molecule has 0 spiro atoms. The zero-order chi connectivity index (χ0) is 14.8. The molecule has 1 aliphatic carbocycles. The fourth-order valence-electron chi connectivity index (χ4n) is 3.13. The van der Waals surface area contributed by atoms with Crippen molar-refractivity contribution >= 4 is 17.7 Å². The summed E-state index contributed by atoms with van der Waals surface area (Å²) >= 11 is 0. The summed E-state index contributed by atoms with van der Waals surface area (Å²) in [6.45, 7) is 0. The Balaban J connectivity index is 1.72. The first-order valence-electron chi connectivity index (χ1n) is 7.37. The number of nitrogens with one attached hydrogen (secondary N) is 2. The van der Waals surface area contributed by atoms with Crippen molar-refractivity contribution in [3.8, 4) is 0 Å². The third kappa shape index (κ3) is 2.82. The van der Waals surface area contributed by atoms with E-state index in [-0.39, 0.29) is 24.2 Å². The number of carbonyl (C=O) groups excluding carboxylic acids is 3. The monoisotopic (exact) mass is 286 g/mol. The van der Waals surface area contributed by atoms with Gasteiger partial charge in [0.05, 0.1) is 5.92 Å². The van der Waals surface area contributed by atoms with Crippen LogP contribution < -0.4 is 10.6 Å². The Labute approximate surface area is 123 Å². The standard InChI is InChI=1S/C16H18N2O3/c19-14-9-8-13(16(21)18-14)17-15(20)12-7-3-5-10-4-1-2-6-11(10)12/h1-2,4,6,12-13H,3,5,7-9H2,(H,17,20)(H,18,19,21). The van der Waals surface area contributed by atoms with Crippen molar-refractivity contribution < 1.29 is 14.4 Å². The Morgan fingerprint density at radius 2 is 1.95 bits per heavy atom. The van der Waals surface area contributed by atoms with Gasteiger partial charge in [0, 0.05) is 6.42 Å². The first kappa shape index (κ1) is 13.8. The molecule has 1 fully saturated rings. The summed E-state index contributed by atoms with van der Waals surface area (Å²) in [4.78, 5) is 35.3. The normalized spacial score (nSPS) is 25.0. The lowest BCUT2D eigenvalue weighted by Crippen LogP contribution is -2.53. The van der Waals surface area contributed by atoms with Gasteiger partial charge in [-0.1, -0.05) is 24.3 Å². The lowest BCUT2D eigenvalue weighted by Gasteiger charge is -2.28. The van der Waals surface area contributed by atoms with E-state index < -0.39 is 11.9 Å². The second-order valence-corrected chi connectivity index (χ2v) is 5.66. The van der Waals surface area contributed by atoms with Crippen LogP contribution in [-0.2, 0) is 20.8 Å². The highest BCUT2D eigenvalue weighted by atomic mass is 16.2. The minimum absolute atomic E-state index is 0.114. The van der Waals surface area contributed by atoms with Crippen molar-refractivity contribution in [3.63, 3.8) is 0 Å². The van der Waals surface area contributed by atoms with Crippen molar-refractivity contribution in [3.05, 3.63) is 35.4 Å². The van der Waals surface area contributed by atoms with E-state index in [0.717, 1.165) is 24.8 Å². The second kappa shape index (κ2) is 5.68. The summed E-state index contributed by atoms with van der Waals surface area (Å²) in [5.41, 5.74) is 2.28. The molecule has 21 heavy (non-hydrogen) atoms. The van der Waals surface area contributed by atoms with E-state index in [1.54, 1.807) is 0 Å². The number of rotatable bonds is 2. The van der Waals surface area contributed by atoms with Crippen molar-refractivity contribution in [1.82, 2.24) is 10.6 Å². The average molecular weight is 286 g/mol. The minimum Gasteiger partial charge on any atom is -0.344 e. The van der Waals surface area contributed by atoms with Gasteiger partial charge in [-0.3, -0.25) is 19.7 Å². The van der Waals surface area contributed by atoms with Crippen molar-refractivity contribution in [2.75, 3.05) is 0 Å². The Kier molecular flexibility index (Phi) is 3.73. The maximum Gasteiger partial charge on any atom is 0.249 e. The summed E-state index contributed by atoms with van der Waals surface area (Å²) in [5, 5.41) is 5.06. The van der Waals surface area contributed by atoms with E-state index in [1.165, 1.54) is 5.56 Å². The van der Waals surface area contributed by atoms with Crippen LogP contribution in [0.25, 0.3) is 0 Å². The largest absolute Gasteiger partial charge is 0.344 e. The number of aryl methyl sites for hydroxylation is 1. The molecule has 2 atom stereocenters. The Morgan fingerprint density at radius 3 is 2.76 bits per heavy atom. The van der Waals surface area contributed by atoms with E-state index in [2.05, 4.69) is 16.7 Å². The van der Waals surface area contributed by atoms with E-state index >= 15 is 0 Å². The molecular weight excluding hydrogens is 268 g/mol. The van der Waals surface area contributed by atoms with Crippen molar-refractivity contribution in [2.24, 2.45) is 0 Å². The van der Waals surface area contributed by atoms with Crippen LogP contribution in [0, 0.1) is 0 Å². The predicted octanol–water partition coefficient (Wildman–Crippen LogP) is 1.03. The molecule has 0 saturated carbocycles. The van der Waals surface area contributed by atoms with E-state index in [0.29, 0.717) is 6.42 Å². The van der Waals surface area contributed by atoms with Crippen LogP contribution in [0.2, 0.25) is 0 Å². The number of carbonyl (C=O) groups is 3. The highest BCUT2D eigenvalue weighted by Crippen LogP contribution is 2.31. The van der Waals surface area contributed by atoms with E-state index in [4.69, 9.17) is 0 Å². The third-order valence-electron chi connectivity index (χ3n) is 4.24. The Hall–Kier alpha value is -2.17. The molecule has 1 aromatic carbocycles. The molecule has 110 valence electrons. The maximum absolute atomic E-state index is 12.5. The van der Waals surface area contributed by atoms with Gasteiger partial charge in [0.25, 0.3) is 0 Å². The topological polar surface area (TPSA) is 75.3 Å². The van der Waals surface area contributed by atoms with Crippen LogP contribution >= 0.6 is 0 Å². The lowest BCUT2D eigenvalue weighted by molar-refractivity contribution is -0.137. The number of fused-ring (bicyclic) bond motifs is 1. The van der Waals surface area contributed by atoms with Gasteiger partial charge in [0.2, 0.25) is 17.7 Å². The molecule has 1 aromatic rings. The molecule has 2 unspecified atom stereocenters. The van der Waals surface area contributed by atoms with Gasteiger partial charge in [-0.05, 0) is 36.8 Å². The average Bonchev–Trinajstić information content (AvgIpc) is 2.49. The highest BCUT2D eigenvalue weighted by molar-refractivity contribution is 6.02.